The molecule has 1 heterocycles. The molecule has 51 heavy (non-hydrogen) atoms. The molecule has 0 fully saturated rings. The second-order valence-electron chi connectivity index (χ2n) is 10.8. The number of sulfonamides is 4. The average Bonchev–Trinajstić information content (AvgIpc) is 3.07. The van der Waals surface area contributed by atoms with E-state index in [2.05, 4.69) is 18.9 Å². The number of nitrogens with one attached hydrogen (secondary N) is 4. The zero-order valence-electron chi connectivity index (χ0n) is 27.2. The van der Waals surface area contributed by atoms with Crippen LogP contribution < -0.4 is 24.3 Å². The summed E-state index contributed by atoms with van der Waals surface area (Å²) in [4.78, 5) is 22.0. The number of benzene rings is 3. The summed E-state index contributed by atoms with van der Waals surface area (Å²) in [6.07, 6.45) is 0. The fourth-order valence-corrected chi connectivity index (χ4v) is 9.47. The normalized spacial score (nSPS) is 12.9. The number of aryl methyl sites for hydroxylation is 2. The van der Waals surface area contributed by atoms with Crippen LogP contribution in [0.15, 0.2) is 77.3 Å². The molecule has 0 saturated carbocycles. The maximum Gasteiger partial charge on any atom is 0.240 e. The van der Waals surface area contributed by atoms with Gasteiger partial charge in [0.15, 0.2) is 0 Å². The first-order valence-corrected chi connectivity index (χ1v) is 20.9. The van der Waals surface area contributed by atoms with E-state index in [1.54, 1.807) is 0 Å². The number of hydrogen-bond donors (Lipinski definition) is 6. The first-order chi connectivity index (χ1) is 23.9. The Morgan fingerprint density at radius 3 is 1.39 bits per heavy atom. The number of fused-ring (bicyclic) bond motifs is 2. The van der Waals surface area contributed by atoms with Crippen molar-refractivity contribution < 1.29 is 58.1 Å². The van der Waals surface area contributed by atoms with E-state index >= 15 is 0 Å². The fraction of sp³-hybridized carbons (Fsp3) is 0.345. The fourth-order valence-electron chi connectivity index (χ4n) is 4.78. The van der Waals surface area contributed by atoms with E-state index in [0.717, 1.165) is 18.2 Å². The molecule has 0 atom stereocenters. The molecule has 0 aliphatic carbocycles. The van der Waals surface area contributed by atoms with E-state index < -0.39 is 58.7 Å². The highest BCUT2D eigenvalue weighted by Crippen LogP contribution is 2.25. The smallest absolute Gasteiger partial charge is 0.240 e. The van der Waals surface area contributed by atoms with Crippen molar-refractivity contribution >= 4 is 62.0 Å². The molecule has 280 valence electrons. The Kier molecular flexibility index (Phi) is 13.1. The van der Waals surface area contributed by atoms with Crippen LogP contribution in [-0.2, 0) is 49.9 Å². The standard InChI is InChI=1S/C29H36N4O14S4/c1-19-15-20(2)28(18-27(19)50(41,42)31-8-12-35)51(43,44)33-10-14-46-45-13-9-32-49(39,40)22-4-6-26-24(17-22)29(36)23-16-21(3-5-25(23)47-26)48(37,38)30-7-11-34/h3-6,15-18,30-35H,7-14H2,1-2H3. The summed E-state index contributed by atoms with van der Waals surface area (Å²) in [5, 5.41) is 17.6. The molecule has 1 aromatic heterocycles. The predicted octanol–water partition coefficient (Wildman–Crippen LogP) is -0.691. The van der Waals surface area contributed by atoms with Crippen LogP contribution in [0.2, 0.25) is 0 Å². The molecule has 22 heteroatoms. The molecule has 18 nitrogen and oxygen atoms in total. The molecule has 0 spiro atoms. The Labute approximate surface area is 293 Å². The summed E-state index contributed by atoms with van der Waals surface area (Å²) in [6.45, 7) is 0.470. The summed E-state index contributed by atoms with van der Waals surface area (Å²) in [5.41, 5.74) is 0.0595. The van der Waals surface area contributed by atoms with E-state index in [-0.39, 0.29) is 80.9 Å². The van der Waals surface area contributed by atoms with Crippen molar-refractivity contribution in [3.05, 3.63) is 69.9 Å². The van der Waals surface area contributed by atoms with Gasteiger partial charge in [0, 0.05) is 26.2 Å². The lowest BCUT2D eigenvalue weighted by Crippen LogP contribution is -2.30. The number of hydrogen-bond acceptors (Lipinski definition) is 14. The van der Waals surface area contributed by atoms with E-state index in [0.29, 0.717) is 11.1 Å². The van der Waals surface area contributed by atoms with Gasteiger partial charge in [-0.3, -0.25) is 4.79 Å². The monoisotopic (exact) mass is 792 g/mol. The molecule has 6 N–H and O–H groups in total. The highest BCUT2D eigenvalue weighted by atomic mass is 32.2. The maximum atomic E-state index is 13.3. The maximum absolute atomic E-state index is 13.3. The third-order valence-electron chi connectivity index (χ3n) is 7.13. The number of rotatable bonds is 19. The molecule has 0 radical (unpaired) electrons. The Hall–Kier alpha value is -3.39. The predicted molar refractivity (Wildman–Crippen MR) is 183 cm³/mol. The van der Waals surface area contributed by atoms with Crippen LogP contribution in [0.3, 0.4) is 0 Å². The van der Waals surface area contributed by atoms with Crippen molar-refractivity contribution in [2.24, 2.45) is 0 Å². The Morgan fingerprint density at radius 1 is 0.569 bits per heavy atom. The van der Waals surface area contributed by atoms with Gasteiger partial charge in [-0.15, -0.1) is 0 Å². The van der Waals surface area contributed by atoms with E-state index in [1.807, 2.05) is 0 Å². The zero-order chi connectivity index (χ0) is 37.6. The lowest BCUT2D eigenvalue weighted by molar-refractivity contribution is -0.290. The molecule has 0 aliphatic rings. The van der Waals surface area contributed by atoms with Gasteiger partial charge in [0.2, 0.25) is 45.5 Å². The van der Waals surface area contributed by atoms with Crippen molar-refractivity contribution in [1.29, 1.82) is 0 Å². The van der Waals surface area contributed by atoms with Gasteiger partial charge in [-0.2, -0.15) is 0 Å². The van der Waals surface area contributed by atoms with Crippen LogP contribution in [0.25, 0.3) is 21.9 Å². The zero-order valence-corrected chi connectivity index (χ0v) is 30.5. The molecule has 0 bridgehead atoms. The van der Waals surface area contributed by atoms with Gasteiger partial charge in [-0.05, 0) is 67.4 Å². The topological polar surface area (TPSA) is 274 Å². The molecular formula is C29H36N4O14S4. The van der Waals surface area contributed by atoms with Crippen molar-refractivity contribution in [1.82, 2.24) is 18.9 Å². The van der Waals surface area contributed by atoms with Crippen molar-refractivity contribution in [2.75, 3.05) is 52.6 Å². The van der Waals surface area contributed by atoms with Crippen LogP contribution in [-0.4, -0.2) is 96.5 Å². The highest BCUT2D eigenvalue weighted by molar-refractivity contribution is 7.90. The largest absolute Gasteiger partial charge is 0.456 e. The van der Waals surface area contributed by atoms with Crippen LogP contribution in [0.4, 0.5) is 0 Å². The van der Waals surface area contributed by atoms with E-state index in [4.69, 9.17) is 24.4 Å². The number of aliphatic hydroxyl groups is 2. The van der Waals surface area contributed by atoms with Gasteiger partial charge in [-0.1, -0.05) is 6.07 Å². The molecule has 4 rings (SSSR count). The van der Waals surface area contributed by atoms with E-state index in [1.165, 1.54) is 44.2 Å². The summed E-state index contributed by atoms with van der Waals surface area (Å²) in [5.74, 6) is 0. The minimum Gasteiger partial charge on any atom is -0.456 e. The Bertz CT molecular complexity index is 2420. The molecule has 4 aromatic rings. The Balaban J connectivity index is 1.33. The summed E-state index contributed by atoms with van der Waals surface area (Å²) >= 11 is 0. The number of aliphatic hydroxyl groups excluding tert-OH is 2. The first-order valence-electron chi connectivity index (χ1n) is 15.0. The SMILES string of the molecule is Cc1cc(C)c(S(=O)(=O)NCCOOCCNS(=O)(=O)c2ccc3oc4ccc(S(=O)(=O)NCCO)cc4c(=O)c3c2)cc1S(=O)(=O)NCCO. The summed E-state index contributed by atoms with van der Waals surface area (Å²) in [7, 11) is -16.5. The van der Waals surface area contributed by atoms with Crippen LogP contribution >= 0.6 is 0 Å². The van der Waals surface area contributed by atoms with Gasteiger partial charge in [0.05, 0.1) is 56.8 Å². The van der Waals surface area contributed by atoms with Crippen LogP contribution in [0.1, 0.15) is 11.1 Å². The lowest BCUT2D eigenvalue weighted by Gasteiger charge is -2.14. The minimum absolute atomic E-state index is 0.0610. The second-order valence-corrected chi connectivity index (χ2v) is 17.8. The third-order valence-corrected chi connectivity index (χ3v) is 13.3. The second kappa shape index (κ2) is 16.5. The summed E-state index contributed by atoms with van der Waals surface area (Å²) < 4.78 is 116. The van der Waals surface area contributed by atoms with E-state index in [9.17, 15) is 38.5 Å². The molecule has 0 saturated heterocycles. The molecule has 0 aliphatic heterocycles. The minimum atomic E-state index is -4.19. The quantitative estimate of drug-likeness (QED) is 0.0297. The Morgan fingerprint density at radius 2 is 0.961 bits per heavy atom. The average molecular weight is 793 g/mol. The van der Waals surface area contributed by atoms with Crippen molar-refractivity contribution in [3.8, 4) is 0 Å². The van der Waals surface area contributed by atoms with Crippen molar-refractivity contribution in [2.45, 2.75) is 33.4 Å². The first kappa shape index (κ1) is 40.4. The van der Waals surface area contributed by atoms with Gasteiger partial charge < -0.3 is 14.6 Å². The third kappa shape index (κ3) is 9.74. The molecule has 3 aromatic carbocycles. The summed E-state index contributed by atoms with van der Waals surface area (Å²) in [6, 6.07) is 9.61. The van der Waals surface area contributed by atoms with Crippen LogP contribution in [0.5, 0.6) is 0 Å². The van der Waals surface area contributed by atoms with Gasteiger partial charge in [0.1, 0.15) is 11.2 Å². The molecular weight excluding hydrogens is 757 g/mol. The van der Waals surface area contributed by atoms with Gasteiger partial charge >= 0.3 is 0 Å². The van der Waals surface area contributed by atoms with Crippen molar-refractivity contribution in [3.63, 3.8) is 0 Å². The van der Waals surface area contributed by atoms with Gasteiger partial charge in [-0.25, -0.2) is 62.3 Å². The lowest BCUT2D eigenvalue weighted by atomic mass is 10.1. The van der Waals surface area contributed by atoms with Crippen LogP contribution in [0, 0.1) is 13.8 Å². The molecule has 0 unspecified atom stereocenters. The molecule has 0 amide bonds. The van der Waals surface area contributed by atoms with Gasteiger partial charge in [0.25, 0.3) is 0 Å². The highest BCUT2D eigenvalue weighted by Gasteiger charge is 2.24.